The number of hydrogen-bond donors (Lipinski definition) is 1. The largest absolute Gasteiger partial charge is 0.493 e. The Morgan fingerprint density at radius 2 is 2.19 bits per heavy atom. The Kier molecular flexibility index (Phi) is 3.01. The Hall–Kier alpha value is -1.68. The van der Waals surface area contributed by atoms with Crippen LogP contribution in [0.15, 0.2) is 18.7 Å². The molecule has 0 radical (unpaired) electrons. The fraction of sp³-hybridized carbons (Fsp3) is 0.333. The van der Waals surface area contributed by atoms with Crippen molar-refractivity contribution in [3.63, 3.8) is 0 Å². The van der Waals surface area contributed by atoms with Crippen LogP contribution >= 0.6 is 0 Å². The number of hydrogen-bond acceptors (Lipinski definition) is 4. The lowest BCUT2D eigenvalue weighted by Crippen LogP contribution is -2.16. The van der Waals surface area contributed by atoms with E-state index in [1.54, 1.807) is 7.11 Å². The molecule has 0 saturated heterocycles. The highest BCUT2D eigenvalue weighted by molar-refractivity contribution is 5.70. The van der Waals surface area contributed by atoms with Crippen molar-refractivity contribution < 1.29 is 14.2 Å². The molecule has 0 spiro atoms. The van der Waals surface area contributed by atoms with E-state index in [4.69, 9.17) is 19.9 Å². The maximum absolute atomic E-state index is 5.56. The summed E-state index contributed by atoms with van der Waals surface area (Å²) in [7, 11) is 1.60. The minimum absolute atomic E-state index is 0.406. The molecule has 0 atom stereocenters. The van der Waals surface area contributed by atoms with Crippen LogP contribution in [-0.2, 0) is 0 Å². The number of fused-ring (bicyclic) bond motifs is 1. The highest BCUT2D eigenvalue weighted by atomic mass is 16.6. The van der Waals surface area contributed by atoms with Crippen LogP contribution in [-0.4, -0.2) is 26.9 Å². The van der Waals surface area contributed by atoms with Gasteiger partial charge in [-0.3, -0.25) is 0 Å². The van der Waals surface area contributed by atoms with Gasteiger partial charge in [0.15, 0.2) is 11.5 Å². The van der Waals surface area contributed by atoms with Gasteiger partial charge in [0.1, 0.15) is 13.2 Å². The second kappa shape index (κ2) is 4.45. The second-order valence-electron chi connectivity index (χ2n) is 3.51. The third-order valence-corrected chi connectivity index (χ3v) is 2.48. The molecule has 0 aromatic heterocycles. The van der Waals surface area contributed by atoms with Gasteiger partial charge in [-0.1, -0.05) is 6.58 Å². The predicted molar refractivity (Wildman–Crippen MR) is 62.1 cm³/mol. The zero-order valence-electron chi connectivity index (χ0n) is 9.29. The van der Waals surface area contributed by atoms with Gasteiger partial charge in [0.05, 0.1) is 7.11 Å². The molecule has 0 aliphatic carbocycles. The quantitative estimate of drug-likeness (QED) is 0.839. The molecule has 16 heavy (non-hydrogen) atoms. The molecule has 4 nitrogen and oxygen atoms in total. The summed E-state index contributed by atoms with van der Waals surface area (Å²) >= 11 is 0. The molecule has 1 aromatic rings. The number of ether oxygens (including phenoxy) is 3. The molecule has 2 N–H and O–H groups in total. The molecule has 1 heterocycles. The lowest BCUT2D eigenvalue weighted by atomic mass is 10.1. The summed E-state index contributed by atoms with van der Waals surface area (Å²) in [5, 5.41) is 0. The Morgan fingerprint density at radius 1 is 1.44 bits per heavy atom. The van der Waals surface area contributed by atoms with E-state index < -0.39 is 0 Å². The first-order chi connectivity index (χ1) is 7.76. The average Bonchev–Trinajstić information content (AvgIpc) is 2.36. The average molecular weight is 221 g/mol. The lowest BCUT2D eigenvalue weighted by molar-refractivity contribution is 0.165. The highest BCUT2D eigenvalue weighted by Gasteiger charge is 2.18. The van der Waals surface area contributed by atoms with Gasteiger partial charge in [-0.2, -0.15) is 0 Å². The maximum Gasteiger partial charge on any atom is 0.203 e. The molecule has 0 fully saturated rings. The Morgan fingerprint density at radius 3 is 2.88 bits per heavy atom. The Bertz CT molecular complexity index is 398. The first kappa shape index (κ1) is 10.8. The van der Waals surface area contributed by atoms with Crippen LogP contribution in [0.2, 0.25) is 0 Å². The summed E-state index contributed by atoms with van der Waals surface area (Å²) in [5.74, 6) is 2.00. The standard InChI is InChI=1S/C12H15NO3/c1-8(7-13)9-5-10(14-2)12-11(6-9)15-3-4-16-12/h5-6H,1,3-4,7,13H2,2H3. The highest BCUT2D eigenvalue weighted by Crippen LogP contribution is 2.41. The van der Waals surface area contributed by atoms with E-state index in [-0.39, 0.29) is 0 Å². The molecule has 1 aliphatic rings. The van der Waals surface area contributed by atoms with E-state index in [0.29, 0.717) is 37.0 Å². The first-order valence-corrected chi connectivity index (χ1v) is 5.12. The Labute approximate surface area is 94.6 Å². The van der Waals surface area contributed by atoms with Gasteiger partial charge >= 0.3 is 0 Å². The van der Waals surface area contributed by atoms with E-state index >= 15 is 0 Å². The third kappa shape index (κ3) is 1.84. The number of benzene rings is 1. The van der Waals surface area contributed by atoms with Crippen molar-refractivity contribution in [3.8, 4) is 17.2 Å². The molecule has 0 saturated carbocycles. The molecule has 4 heteroatoms. The fourth-order valence-corrected chi connectivity index (χ4v) is 1.60. The zero-order chi connectivity index (χ0) is 11.5. The van der Waals surface area contributed by atoms with Crippen molar-refractivity contribution in [1.29, 1.82) is 0 Å². The van der Waals surface area contributed by atoms with Crippen molar-refractivity contribution in [1.82, 2.24) is 0 Å². The van der Waals surface area contributed by atoms with Gasteiger partial charge in [-0.05, 0) is 23.3 Å². The van der Waals surface area contributed by atoms with E-state index in [1.807, 2.05) is 12.1 Å². The van der Waals surface area contributed by atoms with Crippen LogP contribution in [0, 0.1) is 0 Å². The normalized spacial score (nSPS) is 13.4. The zero-order valence-corrected chi connectivity index (χ0v) is 9.29. The van der Waals surface area contributed by atoms with Crippen LogP contribution in [0.5, 0.6) is 17.2 Å². The maximum atomic E-state index is 5.56. The van der Waals surface area contributed by atoms with Gasteiger partial charge in [0.2, 0.25) is 5.75 Å². The summed E-state index contributed by atoms with van der Waals surface area (Å²) in [4.78, 5) is 0. The van der Waals surface area contributed by atoms with E-state index in [0.717, 1.165) is 11.1 Å². The van der Waals surface area contributed by atoms with Gasteiger partial charge in [0.25, 0.3) is 0 Å². The fourth-order valence-electron chi connectivity index (χ4n) is 1.60. The van der Waals surface area contributed by atoms with E-state index in [9.17, 15) is 0 Å². The molecule has 1 aliphatic heterocycles. The summed E-state index contributed by atoms with van der Waals surface area (Å²) in [6, 6.07) is 3.74. The monoisotopic (exact) mass is 221 g/mol. The van der Waals surface area contributed by atoms with Crippen molar-refractivity contribution in [2.24, 2.45) is 5.73 Å². The van der Waals surface area contributed by atoms with Crippen molar-refractivity contribution in [2.45, 2.75) is 0 Å². The molecule has 1 aromatic carbocycles. The van der Waals surface area contributed by atoms with Crippen LogP contribution in [0.3, 0.4) is 0 Å². The van der Waals surface area contributed by atoms with Crippen LogP contribution < -0.4 is 19.9 Å². The van der Waals surface area contributed by atoms with Crippen LogP contribution in [0.25, 0.3) is 5.57 Å². The molecule has 0 amide bonds. The summed E-state index contributed by atoms with van der Waals surface area (Å²) < 4.78 is 16.3. The number of rotatable bonds is 3. The van der Waals surface area contributed by atoms with Crippen LogP contribution in [0.4, 0.5) is 0 Å². The minimum Gasteiger partial charge on any atom is -0.493 e. The third-order valence-electron chi connectivity index (χ3n) is 2.48. The van der Waals surface area contributed by atoms with Gasteiger partial charge in [-0.15, -0.1) is 0 Å². The second-order valence-corrected chi connectivity index (χ2v) is 3.51. The van der Waals surface area contributed by atoms with Gasteiger partial charge in [0, 0.05) is 6.54 Å². The molecule has 86 valence electrons. The van der Waals surface area contributed by atoms with Crippen molar-refractivity contribution in [3.05, 3.63) is 24.3 Å². The molecular weight excluding hydrogens is 206 g/mol. The number of nitrogens with two attached hydrogens (primary N) is 1. The Balaban J connectivity index is 2.47. The molecule has 2 rings (SSSR count). The van der Waals surface area contributed by atoms with Crippen molar-refractivity contribution in [2.75, 3.05) is 26.9 Å². The summed E-state index contributed by atoms with van der Waals surface area (Å²) in [5.41, 5.74) is 7.32. The first-order valence-electron chi connectivity index (χ1n) is 5.12. The van der Waals surface area contributed by atoms with Gasteiger partial charge in [-0.25, -0.2) is 0 Å². The molecule has 0 bridgehead atoms. The smallest absolute Gasteiger partial charge is 0.203 e. The summed E-state index contributed by atoms with van der Waals surface area (Å²) in [6.45, 7) is 5.39. The van der Waals surface area contributed by atoms with Crippen LogP contribution in [0.1, 0.15) is 5.56 Å². The topological polar surface area (TPSA) is 53.7 Å². The molecular formula is C12H15NO3. The summed E-state index contributed by atoms with van der Waals surface area (Å²) in [6.07, 6.45) is 0. The van der Waals surface area contributed by atoms with Crippen molar-refractivity contribution >= 4 is 5.57 Å². The SMILES string of the molecule is C=C(CN)c1cc(OC)c2c(c1)OCCO2. The lowest BCUT2D eigenvalue weighted by Gasteiger charge is -2.21. The minimum atomic E-state index is 0.406. The predicted octanol–water partition coefficient (Wildman–Crippen LogP) is 1.44. The van der Waals surface area contributed by atoms with E-state index in [2.05, 4.69) is 6.58 Å². The van der Waals surface area contributed by atoms with E-state index in [1.165, 1.54) is 0 Å². The van der Waals surface area contributed by atoms with Gasteiger partial charge < -0.3 is 19.9 Å². The molecule has 0 unspecified atom stereocenters. The number of methoxy groups -OCH3 is 1.